The molecule has 0 spiro atoms. The molecule has 2 bridgehead atoms. The van der Waals surface area contributed by atoms with E-state index in [-0.39, 0.29) is 0 Å². The fourth-order valence-corrected chi connectivity index (χ4v) is 4.71. The van der Waals surface area contributed by atoms with Gasteiger partial charge in [0.25, 0.3) is 0 Å². The van der Waals surface area contributed by atoms with E-state index in [0.29, 0.717) is 24.0 Å². The number of fused-ring (bicyclic) bond motifs is 5. The molecule has 0 radical (unpaired) electrons. The summed E-state index contributed by atoms with van der Waals surface area (Å²) in [5.41, 5.74) is 1.26. The zero-order valence-electron chi connectivity index (χ0n) is 12.8. The van der Waals surface area contributed by atoms with Crippen LogP contribution in [0, 0.1) is 11.8 Å². The van der Waals surface area contributed by atoms with E-state index < -0.39 is 0 Å². The van der Waals surface area contributed by atoms with E-state index in [4.69, 9.17) is 4.74 Å². The maximum absolute atomic E-state index is 6.05. The molecule has 0 aromatic heterocycles. The lowest BCUT2D eigenvalue weighted by atomic mass is 9.82. The number of nitrogens with one attached hydrogen (secondary N) is 1. The lowest BCUT2D eigenvalue weighted by molar-refractivity contribution is 0.0767. The molecule has 0 saturated carbocycles. The first-order valence-corrected chi connectivity index (χ1v) is 8.90. The third kappa shape index (κ3) is 2.44. The average molecular weight is 364 g/mol. The molecule has 3 aliphatic heterocycles. The standard InChI is InChI=1S/C17H22BrN3O/c1-19-17(20-8-11-4-2-3-5-14(11)18)21-9-12-13(10-21)16-7-6-15(12)22-16/h2-5,12-13,15-16H,6-10H2,1H3,(H,19,20). The van der Waals surface area contributed by atoms with Crippen molar-refractivity contribution in [3.05, 3.63) is 34.3 Å². The van der Waals surface area contributed by atoms with E-state index >= 15 is 0 Å². The number of hydrogen-bond acceptors (Lipinski definition) is 2. The molecule has 1 aromatic rings. The summed E-state index contributed by atoms with van der Waals surface area (Å²) in [6, 6.07) is 8.33. The molecule has 0 aliphatic carbocycles. The molecule has 0 amide bonds. The van der Waals surface area contributed by atoms with Crippen LogP contribution in [0.5, 0.6) is 0 Å². The average Bonchev–Trinajstić information content (AvgIpc) is 3.22. The number of hydrogen-bond donors (Lipinski definition) is 1. The van der Waals surface area contributed by atoms with Gasteiger partial charge in [-0.05, 0) is 24.5 Å². The first-order chi connectivity index (χ1) is 10.8. The molecule has 3 fully saturated rings. The Morgan fingerprint density at radius 2 is 1.95 bits per heavy atom. The number of likely N-dealkylation sites (tertiary alicyclic amines) is 1. The zero-order chi connectivity index (χ0) is 15.1. The van der Waals surface area contributed by atoms with E-state index in [2.05, 4.69) is 49.3 Å². The van der Waals surface area contributed by atoms with Gasteiger partial charge in [-0.3, -0.25) is 4.99 Å². The van der Waals surface area contributed by atoms with Crippen molar-refractivity contribution >= 4 is 21.9 Å². The van der Waals surface area contributed by atoms with Crippen LogP contribution < -0.4 is 5.32 Å². The molecule has 118 valence electrons. The highest BCUT2D eigenvalue weighted by Crippen LogP contribution is 2.47. The molecule has 4 atom stereocenters. The Morgan fingerprint density at radius 1 is 1.27 bits per heavy atom. The number of guanidine groups is 1. The van der Waals surface area contributed by atoms with Crippen molar-refractivity contribution < 1.29 is 4.74 Å². The highest BCUT2D eigenvalue weighted by Gasteiger charge is 2.53. The van der Waals surface area contributed by atoms with Crippen molar-refractivity contribution in [1.29, 1.82) is 0 Å². The number of ether oxygens (including phenoxy) is 1. The van der Waals surface area contributed by atoms with Gasteiger partial charge in [0.2, 0.25) is 0 Å². The predicted molar refractivity (Wildman–Crippen MR) is 90.8 cm³/mol. The Hall–Kier alpha value is -1.07. The smallest absolute Gasteiger partial charge is 0.193 e. The van der Waals surface area contributed by atoms with Crippen LogP contribution >= 0.6 is 15.9 Å². The van der Waals surface area contributed by atoms with Gasteiger partial charge in [0, 0.05) is 43.0 Å². The Bertz CT molecular complexity index is 573. The van der Waals surface area contributed by atoms with E-state index in [1.54, 1.807) is 0 Å². The molecule has 22 heavy (non-hydrogen) atoms. The monoisotopic (exact) mass is 363 g/mol. The van der Waals surface area contributed by atoms with Crippen LogP contribution in [0.15, 0.2) is 33.7 Å². The summed E-state index contributed by atoms with van der Waals surface area (Å²) in [7, 11) is 1.88. The molecular weight excluding hydrogens is 342 g/mol. The minimum absolute atomic E-state index is 0.501. The summed E-state index contributed by atoms with van der Waals surface area (Å²) in [6.07, 6.45) is 3.51. The Labute approximate surface area is 140 Å². The topological polar surface area (TPSA) is 36.9 Å². The van der Waals surface area contributed by atoms with E-state index in [0.717, 1.165) is 30.1 Å². The van der Waals surface area contributed by atoms with Gasteiger partial charge in [0.15, 0.2) is 5.96 Å². The first-order valence-electron chi connectivity index (χ1n) is 8.10. The largest absolute Gasteiger partial charge is 0.374 e. The van der Waals surface area contributed by atoms with Crippen molar-refractivity contribution in [3.63, 3.8) is 0 Å². The second kappa shape index (κ2) is 5.85. The second-order valence-corrected chi connectivity index (χ2v) is 7.37. The molecule has 5 heteroatoms. The van der Waals surface area contributed by atoms with Crippen molar-refractivity contribution in [2.24, 2.45) is 16.8 Å². The molecule has 4 rings (SSSR count). The number of benzene rings is 1. The molecular formula is C17H22BrN3O. The van der Waals surface area contributed by atoms with Crippen LogP contribution in [0.25, 0.3) is 0 Å². The molecule has 3 heterocycles. The zero-order valence-corrected chi connectivity index (χ0v) is 14.4. The fraction of sp³-hybridized carbons (Fsp3) is 0.588. The predicted octanol–water partition coefficient (Wildman–Crippen LogP) is 2.63. The molecule has 3 aliphatic rings. The molecule has 1 N–H and O–H groups in total. The summed E-state index contributed by atoms with van der Waals surface area (Å²) in [6.45, 7) is 2.96. The molecule has 4 nitrogen and oxygen atoms in total. The first kappa shape index (κ1) is 14.5. The van der Waals surface area contributed by atoms with Crippen molar-refractivity contribution in [1.82, 2.24) is 10.2 Å². The number of rotatable bonds is 2. The Kier molecular flexibility index (Phi) is 3.86. The van der Waals surface area contributed by atoms with E-state index in [1.165, 1.54) is 18.4 Å². The SMILES string of the molecule is CN=C(NCc1ccccc1Br)N1CC2C3CCC(O3)C2C1. The van der Waals surface area contributed by atoms with Gasteiger partial charge >= 0.3 is 0 Å². The molecule has 4 unspecified atom stereocenters. The highest BCUT2D eigenvalue weighted by molar-refractivity contribution is 9.10. The van der Waals surface area contributed by atoms with Gasteiger partial charge in [0.1, 0.15) is 0 Å². The van der Waals surface area contributed by atoms with Crippen LogP contribution in [0.1, 0.15) is 18.4 Å². The van der Waals surface area contributed by atoms with Gasteiger partial charge < -0.3 is 15.0 Å². The van der Waals surface area contributed by atoms with Crippen molar-refractivity contribution in [2.75, 3.05) is 20.1 Å². The van der Waals surface area contributed by atoms with Gasteiger partial charge in [-0.15, -0.1) is 0 Å². The molecule has 3 saturated heterocycles. The second-order valence-electron chi connectivity index (χ2n) is 6.52. The van der Waals surface area contributed by atoms with Gasteiger partial charge in [-0.2, -0.15) is 0 Å². The maximum atomic E-state index is 6.05. The fourth-order valence-electron chi connectivity index (χ4n) is 4.28. The minimum atomic E-state index is 0.501. The maximum Gasteiger partial charge on any atom is 0.193 e. The van der Waals surface area contributed by atoms with Gasteiger partial charge in [-0.1, -0.05) is 34.1 Å². The van der Waals surface area contributed by atoms with Crippen LogP contribution in [-0.4, -0.2) is 43.2 Å². The van der Waals surface area contributed by atoms with Crippen LogP contribution in [0.2, 0.25) is 0 Å². The van der Waals surface area contributed by atoms with Crippen LogP contribution in [0.3, 0.4) is 0 Å². The Morgan fingerprint density at radius 3 is 2.59 bits per heavy atom. The summed E-state index contributed by atoms with van der Waals surface area (Å²) in [5, 5.41) is 3.51. The lowest BCUT2D eigenvalue weighted by Gasteiger charge is -2.23. The molecule has 1 aromatic carbocycles. The number of aliphatic imine (C=N–C) groups is 1. The normalized spacial score (nSPS) is 33.4. The summed E-state index contributed by atoms with van der Waals surface area (Å²) >= 11 is 3.61. The summed E-state index contributed by atoms with van der Waals surface area (Å²) in [4.78, 5) is 6.90. The van der Waals surface area contributed by atoms with Gasteiger partial charge in [0.05, 0.1) is 12.2 Å². The quantitative estimate of drug-likeness (QED) is 0.648. The number of halogens is 1. The van der Waals surface area contributed by atoms with Crippen molar-refractivity contribution in [2.45, 2.75) is 31.6 Å². The van der Waals surface area contributed by atoms with E-state index in [1.807, 2.05) is 13.1 Å². The lowest BCUT2D eigenvalue weighted by Crippen LogP contribution is -2.41. The number of nitrogens with zero attached hydrogens (tertiary/aromatic N) is 2. The van der Waals surface area contributed by atoms with Crippen molar-refractivity contribution in [3.8, 4) is 0 Å². The van der Waals surface area contributed by atoms with Gasteiger partial charge in [-0.25, -0.2) is 0 Å². The minimum Gasteiger partial charge on any atom is -0.374 e. The third-order valence-electron chi connectivity index (χ3n) is 5.36. The van der Waals surface area contributed by atoms with E-state index in [9.17, 15) is 0 Å². The summed E-state index contributed by atoms with van der Waals surface area (Å²) < 4.78 is 7.19. The highest BCUT2D eigenvalue weighted by atomic mass is 79.9. The van der Waals surface area contributed by atoms with Crippen LogP contribution in [-0.2, 0) is 11.3 Å². The third-order valence-corrected chi connectivity index (χ3v) is 6.13. The summed E-state index contributed by atoms with van der Waals surface area (Å²) in [5.74, 6) is 2.44. The Balaban J connectivity index is 1.40. The van der Waals surface area contributed by atoms with Crippen LogP contribution in [0.4, 0.5) is 0 Å².